The van der Waals surface area contributed by atoms with E-state index in [1.165, 1.54) is 9.21 Å². The quantitative estimate of drug-likeness (QED) is 0.173. The molecule has 1 aliphatic carbocycles. The summed E-state index contributed by atoms with van der Waals surface area (Å²) in [7, 11) is -4.17. The molecular formula is C38H42ClN3O4S. The zero-order chi connectivity index (χ0) is 33.6. The number of carbonyl (C=O) groups excluding carboxylic acids is 2. The Bertz CT molecular complexity index is 1790. The maximum Gasteiger partial charge on any atom is 0.264 e. The number of aryl methyl sites for hydroxylation is 3. The fraction of sp³-hybridized carbons (Fsp3) is 0.316. The predicted octanol–water partition coefficient (Wildman–Crippen LogP) is 7.16. The molecule has 0 heterocycles. The third kappa shape index (κ3) is 8.62. The second kappa shape index (κ2) is 15.2. The number of sulfonamides is 1. The van der Waals surface area contributed by atoms with Crippen molar-refractivity contribution in [3.63, 3.8) is 0 Å². The van der Waals surface area contributed by atoms with E-state index in [0.29, 0.717) is 10.7 Å². The molecule has 0 bridgehead atoms. The number of anilines is 1. The Hall–Kier alpha value is -4.14. The number of hydrogen-bond acceptors (Lipinski definition) is 4. The molecule has 0 spiro atoms. The van der Waals surface area contributed by atoms with Crippen molar-refractivity contribution in [2.75, 3.05) is 10.8 Å². The number of nitrogens with zero attached hydrogens (tertiary/aromatic N) is 2. The van der Waals surface area contributed by atoms with Gasteiger partial charge in [-0.2, -0.15) is 0 Å². The van der Waals surface area contributed by atoms with Gasteiger partial charge in [0.05, 0.1) is 10.6 Å². The van der Waals surface area contributed by atoms with Crippen molar-refractivity contribution in [2.45, 2.75) is 76.4 Å². The molecule has 9 heteroatoms. The van der Waals surface area contributed by atoms with Crippen molar-refractivity contribution in [2.24, 2.45) is 0 Å². The van der Waals surface area contributed by atoms with Crippen molar-refractivity contribution in [1.82, 2.24) is 10.2 Å². The molecule has 0 saturated heterocycles. The highest BCUT2D eigenvalue weighted by Crippen LogP contribution is 2.29. The van der Waals surface area contributed by atoms with Crippen molar-refractivity contribution in [1.29, 1.82) is 0 Å². The molecule has 4 aromatic rings. The van der Waals surface area contributed by atoms with Gasteiger partial charge in [-0.15, -0.1) is 0 Å². The fourth-order valence-corrected chi connectivity index (χ4v) is 7.75. The summed E-state index contributed by atoms with van der Waals surface area (Å²) in [6.45, 7) is 5.27. The monoisotopic (exact) mass is 671 g/mol. The summed E-state index contributed by atoms with van der Waals surface area (Å²) in [6.07, 6.45) is 4.15. The molecule has 246 valence electrons. The van der Waals surface area contributed by atoms with Gasteiger partial charge in [0.2, 0.25) is 11.8 Å². The molecule has 1 fully saturated rings. The Morgan fingerprint density at radius 3 is 2.11 bits per heavy atom. The van der Waals surface area contributed by atoms with Gasteiger partial charge < -0.3 is 10.2 Å². The van der Waals surface area contributed by atoms with Gasteiger partial charge >= 0.3 is 0 Å². The number of halogens is 1. The Labute approximate surface area is 283 Å². The summed E-state index contributed by atoms with van der Waals surface area (Å²) < 4.78 is 29.8. The fourth-order valence-electron chi connectivity index (χ4n) is 6.14. The van der Waals surface area contributed by atoms with Crippen LogP contribution in [0.15, 0.2) is 102 Å². The van der Waals surface area contributed by atoms with E-state index in [2.05, 4.69) is 5.32 Å². The number of benzene rings is 4. The second-order valence-corrected chi connectivity index (χ2v) is 14.8. The molecule has 47 heavy (non-hydrogen) atoms. The van der Waals surface area contributed by atoms with Crippen molar-refractivity contribution >= 4 is 39.1 Å². The van der Waals surface area contributed by atoms with Crippen LogP contribution >= 0.6 is 11.6 Å². The second-order valence-electron chi connectivity index (χ2n) is 12.5. The summed E-state index contributed by atoms with van der Waals surface area (Å²) >= 11 is 6.19. The minimum absolute atomic E-state index is 0.0434. The van der Waals surface area contributed by atoms with Gasteiger partial charge in [-0.1, -0.05) is 102 Å². The molecular weight excluding hydrogens is 630 g/mol. The molecule has 0 aliphatic heterocycles. The number of carbonyl (C=O) groups is 2. The Morgan fingerprint density at radius 2 is 1.47 bits per heavy atom. The highest BCUT2D eigenvalue weighted by Gasteiger charge is 2.36. The molecule has 1 unspecified atom stereocenters. The first-order valence-corrected chi connectivity index (χ1v) is 17.9. The lowest BCUT2D eigenvalue weighted by atomic mass is 10.0. The molecule has 5 rings (SSSR count). The summed E-state index contributed by atoms with van der Waals surface area (Å²) in [5.74, 6) is -0.736. The minimum Gasteiger partial charge on any atom is -0.352 e. The molecule has 7 nitrogen and oxygen atoms in total. The number of hydrogen-bond donors (Lipinski definition) is 1. The smallest absolute Gasteiger partial charge is 0.264 e. The summed E-state index contributed by atoms with van der Waals surface area (Å²) in [6, 6.07) is 28.0. The van der Waals surface area contributed by atoms with Gasteiger partial charge in [-0.05, 0) is 80.6 Å². The van der Waals surface area contributed by atoms with Crippen LogP contribution in [0, 0.1) is 20.8 Å². The van der Waals surface area contributed by atoms with Crippen LogP contribution < -0.4 is 9.62 Å². The maximum atomic E-state index is 14.7. The molecule has 1 N–H and O–H groups in total. The largest absolute Gasteiger partial charge is 0.352 e. The first kappa shape index (κ1) is 34.2. The zero-order valence-corrected chi connectivity index (χ0v) is 28.7. The summed E-state index contributed by atoms with van der Waals surface area (Å²) in [5, 5.41) is 3.76. The highest BCUT2D eigenvalue weighted by molar-refractivity contribution is 7.92. The molecule has 1 atom stereocenters. The topological polar surface area (TPSA) is 86.8 Å². The standard InChI is InChI=1S/C38H42ClN3O4S/c1-27-13-20-34(21-14-27)47(45,46)42(35-22-15-28(2)23-29(35)3)26-37(43)41(25-31-16-18-32(39)19-17-31)36(24-30-9-5-4-6-10-30)38(44)40-33-11-7-8-12-33/h4-6,9-10,13-23,33,36H,7-8,11-12,24-26H2,1-3H3,(H,40,44). The van der Waals surface area contributed by atoms with Gasteiger partial charge in [-0.3, -0.25) is 13.9 Å². The van der Waals surface area contributed by atoms with Crippen LogP contribution in [0.3, 0.4) is 0 Å². The molecule has 1 saturated carbocycles. The van der Waals surface area contributed by atoms with Gasteiger partial charge in [0, 0.05) is 24.0 Å². The van der Waals surface area contributed by atoms with Crippen LogP contribution in [0.25, 0.3) is 0 Å². The highest BCUT2D eigenvalue weighted by atomic mass is 35.5. The Balaban J connectivity index is 1.58. The van der Waals surface area contributed by atoms with Gasteiger partial charge in [0.25, 0.3) is 10.0 Å². The summed E-state index contributed by atoms with van der Waals surface area (Å²) in [5.41, 5.74) is 4.69. The van der Waals surface area contributed by atoms with E-state index in [1.54, 1.807) is 42.5 Å². The molecule has 0 aromatic heterocycles. The van der Waals surface area contributed by atoms with E-state index < -0.39 is 28.5 Å². The van der Waals surface area contributed by atoms with E-state index in [0.717, 1.165) is 53.5 Å². The minimum atomic E-state index is -4.17. The number of amides is 2. The van der Waals surface area contributed by atoms with Gasteiger partial charge in [-0.25, -0.2) is 8.42 Å². The van der Waals surface area contributed by atoms with Crippen molar-refractivity contribution in [3.05, 3.63) is 130 Å². The van der Waals surface area contributed by atoms with Crippen molar-refractivity contribution < 1.29 is 18.0 Å². The Morgan fingerprint density at radius 1 is 0.830 bits per heavy atom. The van der Waals surface area contributed by atoms with E-state index >= 15 is 0 Å². The van der Waals surface area contributed by atoms with Crippen LogP contribution in [-0.4, -0.2) is 43.8 Å². The average Bonchev–Trinajstić information content (AvgIpc) is 3.56. The van der Waals surface area contributed by atoms with Crippen molar-refractivity contribution in [3.8, 4) is 0 Å². The molecule has 4 aromatic carbocycles. The van der Waals surface area contributed by atoms with E-state index in [1.807, 2.05) is 75.4 Å². The first-order valence-electron chi connectivity index (χ1n) is 16.1. The van der Waals surface area contributed by atoms with E-state index in [4.69, 9.17) is 11.6 Å². The van der Waals surface area contributed by atoms with E-state index in [-0.39, 0.29) is 29.8 Å². The predicted molar refractivity (Wildman–Crippen MR) is 188 cm³/mol. The lowest BCUT2D eigenvalue weighted by molar-refractivity contribution is -0.140. The third-order valence-corrected chi connectivity index (χ3v) is 10.8. The lowest BCUT2D eigenvalue weighted by Crippen LogP contribution is -2.54. The van der Waals surface area contributed by atoms with Crippen LogP contribution in [0.2, 0.25) is 5.02 Å². The van der Waals surface area contributed by atoms with Crippen LogP contribution in [0.5, 0.6) is 0 Å². The summed E-state index contributed by atoms with van der Waals surface area (Å²) in [4.78, 5) is 30.4. The molecule has 0 radical (unpaired) electrons. The zero-order valence-electron chi connectivity index (χ0n) is 27.2. The van der Waals surface area contributed by atoms with Gasteiger partial charge in [0.1, 0.15) is 12.6 Å². The third-order valence-electron chi connectivity index (χ3n) is 8.75. The SMILES string of the molecule is Cc1ccc(S(=O)(=O)N(CC(=O)N(Cc2ccc(Cl)cc2)C(Cc2ccccc2)C(=O)NC2CCCC2)c2ccc(C)cc2C)cc1. The van der Waals surface area contributed by atoms with Crippen LogP contribution in [0.1, 0.15) is 53.5 Å². The number of rotatable bonds is 12. The van der Waals surface area contributed by atoms with Crippen LogP contribution in [-0.2, 0) is 32.6 Å². The number of nitrogens with one attached hydrogen (secondary N) is 1. The lowest BCUT2D eigenvalue weighted by Gasteiger charge is -2.34. The van der Waals surface area contributed by atoms with Gasteiger partial charge in [0.15, 0.2) is 0 Å². The normalized spacial score (nSPS) is 14.0. The Kier molecular flexibility index (Phi) is 11.0. The first-order chi connectivity index (χ1) is 22.5. The average molecular weight is 672 g/mol. The van der Waals surface area contributed by atoms with Crippen LogP contribution in [0.4, 0.5) is 5.69 Å². The molecule has 1 aliphatic rings. The van der Waals surface area contributed by atoms with E-state index in [9.17, 15) is 18.0 Å². The molecule has 2 amide bonds. The maximum absolute atomic E-state index is 14.7.